The molecule has 1 rings (SSSR count). The molecule has 12 heavy (non-hydrogen) atoms. The van der Waals surface area contributed by atoms with E-state index in [0.29, 0.717) is 14.8 Å². The molecule has 0 heterocycles. The Kier molecular flexibility index (Phi) is 2.56. The third kappa shape index (κ3) is 1.69. The van der Waals surface area contributed by atoms with Crippen LogP contribution in [0.2, 0.25) is 0 Å². The number of benzene rings is 1. The van der Waals surface area contributed by atoms with Gasteiger partial charge in [-0.3, -0.25) is 4.79 Å². The average Bonchev–Trinajstić information content (AvgIpc) is 1.82. The zero-order valence-electron chi connectivity index (χ0n) is 6.47. The van der Waals surface area contributed by atoms with Crippen molar-refractivity contribution in [3.05, 3.63) is 21.3 Å². The Balaban J connectivity index is 3.38. The normalized spacial score (nSPS) is 9.83. The van der Waals surface area contributed by atoms with Crippen LogP contribution in [0.1, 0.15) is 17.3 Å². The molecular weight excluding hydrogens is 269 g/mol. The van der Waals surface area contributed by atoms with Crippen LogP contribution in [0.5, 0.6) is 5.75 Å². The molecule has 0 amide bonds. The topological polar surface area (TPSA) is 63.3 Å². The first-order valence-electron chi connectivity index (χ1n) is 3.31. The zero-order valence-corrected chi connectivity index (χ0v) is 8.62. The summed E-state index contributed by atoms with van der Waals surface area (Å²) in [5, 5.41) is 9.34. The Morgan fingerprint density at radius 3 is 2.58 bits per heavy atom. The minimum absolute atomic E-state index is 0.0492. The van der Waals surface area contributed by atoms with Crippen LogP contribution < -0.4 is 5.73 Å². The van der Waals surface area contributed by atoms with Gasteiger partial charge >= 0.3 is 0 Å². The van der Waals surface area contributed by atoms with Gasteiger partial charge in [0.25, 0.3) is 0 Å². The minimum Gasteiger partial charge on any atom is -0.507 e. The largest absolute Gasteiger partial charge is 0.507 e. The first-order chi connectivity index (χ1) is 5.52. The number of anilines is 1. The Morgan fingerprint density at radius 2 is 2.17 bits per heavy atom. The molecule has 1 aromatic carbocycles. The van der Waals surface area contributed by atoms with Crippen LogP contribution in [0, 0.1) is 3.57 Å². The van der Waals surface area contributed by atoms with Gasteiger partial charge < -0.3 is 10.8 Å². The van der Waals surface area contributed by atoms with Gasteiger partial charge in [0.1, 0.15) is 5.75 Å². The van der Waals surface area contributed by atoms with E-state index in [1.54, 1.807) is 6.07 Å². The Morgan fingerprint density at radius 1 is 1.58 bits per heavy atom. The molecule has 0 atom stereocenters. The summed E-state index contributed by atoms with van der Waals surface area (Å²) in [5.41, 5.74) is 6.25. The maximum atomic E-state index is 11.0. The molecular formula is C8H8INO2. The van der Waals surface area contributed by atoms with E-state index in [4.69, 9.17) is 5.73 Å². The van der Waals surface area contributed by atoms with Gasteiger partial charge in [-0.25, -0.2) is 0 Å². The molecule has 0 spiro atoms. The van der Waals surface area contributed by atoms with E-state index in [1.807, 2.05) is 22.6 Å². The molecule has 0 fully saturated rings. The zero-order chi connectivity index (χ0) is 9.30. The fourth-order valence-electron chi connectivity index (χ4n) is 0.961. The lowest BCUT2D eigenvalue weighted by molar-refractivity contribution is 0.101. The van der Waals surface area contributed by atoms with E-state index in [9.17, 15) is 9.90 Å². The van der Waals surface area contributed by atoms with E-state index in [-0.39, 0.29) is 11.5 Å². The second-order valence-corrected chi connectivity index (χ2v) is 3.62. The number of carbonyl (C=O) groups excluding carboxylic acids is 1. The van der Waals surface area contributed by atoms with Crippen LogP contribution in [-0.4, -0.2) is 10.9 Å². The van der Waals surface area contributed by atoms with E-state index >= 15 is 0 Å². The molecule has 0 aliphatic carbocycles. The number of nitrogens with two attached hydrogens (primary N) is 1. The summed E-state index contributed by atoms with van der Waals surface area (Å²) in [5.74, 6) is -0.205. The Hall–Kier alpha value is -0.780. The lowest BCUT2D eigenvalue weighted by atomic mass is 10.1. The third-order valence-electron chi connectivity index (χ3n) is 1.44. The lowest BCUT2D eigenvalue weighted by Gasteiger charge is -2.04. The van der Waals surface area contributed by atoms with Gasteiger partial charge in [-0.05, 0) is 35.6 Å². The van der Waals surface area contributed by atoms with Crippen molar-refractivity contribution in [2.24, 2.45) is 0 Å². The van der Waals surface area contributed by atoms with Crippen LogP contribution in [0.25, 0.3) is 0 Å². The predicted octanol–water partition coefficient (Wildman–Crippen LogP) is 1.78. The highest BCUT2D eigenvalue weighted by atomic mass is 127. The van der Waals surface area contributed by atoms with Crippen molar-refractivity contribution in [2.45, 2.75) is 6.92 Å². The van der Waals surface area contributed by atoms with Crippen molar-refractivity contribution in [1.29, 1.82) is 0 Å². The average molecular weight is 277 g/mol. The van der Waals surface area contributed by atoms with Crippen LogP contribution in [-0.2, 0) is 0 Å². The summed E-state index contributed by atoms with van der Waals surface area (Å²) in [4.78, 5) is 11.0. The van der Waals surface area contributed by atoms with E-state index in [1.165, 1.54) is 13.0 Å². The van der Waals surface area contributed by atoms with Crippen molar-refractivity contribution in [1.82, 2.24) is 0 Å². The smallest absolute Gasteiger partial charge is 0.164 e. The number of rotatable bonds is 1. The van der Waals surface area contributed by atoms with Crippen LogP contribution in [0.3, 0.4) is 0 Å². The number of phenols is 1. The highest BCUT2D eigenvalue weighted by molar-refractivity contribution is 14.1. The maximum Gasteiger partial charge on any atom is 0.164 e. The second kappa shape index (κ2) is 3.30. The van der Waals surface area contributed by atoms with Gasteiger partial charge in [0.05, 0.1) is 5.56 Å². The number of halogens is 1. The molecule has 0 bridgehead atoms. The summed E-state index contributed by atoms with van der Waals surface area (Å²) in [7, 11) is 0. The van der Waals surface area contributed by atoms with E-state index < -0.39 is 0 Å². The number of aromatic hydroxyl groups is 1. The molecule has 0 aromatic heterocycles. The van der Waals surface area contributed by atoms with Gasteiger partial charge in [-0.2, -0.15) is 0 Å². The van der Waals surface area contributed by atoms with Crippen LogP contribution >= 0.6 is 22.6 Å². The van der Waals surface area contributed by atoms with Crippen molar-refractivity contribution >= 4 is 34.1 Å². The molecule has 0 saturated carbocycles. The second-order valence-electron chi connectivity index (χ2n) is 2.45. The monoisotopic (exact) mass is 277 g/mol. The molecule has 0 saturated heterocycles. The van der Waals surface area contributed by atoms with Crippen LogP contribution in [0.4, 0.5) is 5.69 Å². The summed E-state index contributed by atoms with van der Waals surface area (Å²) < 4.78 is 0.678. The number of carbonyl (C=O) groups is 1. The Bertz CT molecular complexity index is 313. The summed E-state index contributed by atoms with van der Waals surface area (Å²) in [6.45, 7) is 1.41. The van der Waals surface area contributed by atoms with E-state index in [2.05, 4.69) is 0 Å². The number of phenolic OH excluding ortho intramolecular Hbond substituents is 1. The highest BCUT2D eigenvalue weighted by Gasteiger charge is 2.11. The van der Waals surface area contributed by atoms with Gasteiger partial charge in [-0.15, -0.1) is 0 Å². The summed E-state index contributed by atoms with van der Waals surface area (Å²) in [6.07, 6.45) is 0. The predicted molar refractivity (Wildman–Crippen MR) is 55.2 cm³/mol. The van der Waals surface area contributed by atoms with Crippen molar-refractivity contribution in [3.63, 3.8) is 0 Å². The molecule has 4 heteroatoms. The first kappa shape index (κ1) is 9.31. The number of Topliss-reactive ketones (excluding diaryl/α,β-unsaturated/α-hetero) is 1. The molecule has 0 aliphatic rings. The molecule has 3 nitrogen and oxygen atoms in total. The molecule has 1 aromatic rings. The molecule has 0 unspecified atom stereocenters. The number of nitrogen functional groups attached to an aromatic ring is 1. The number of ketones is 1. The minimum atomic E-state index is -0.156. The highest BCUT2D eigenvalue weighted by Crippen LogP contribution is 2.26. The van der Waals surface area contributed by atoms with Gasteiger partial charge in [-0.1, -0.05) is 0 Å². The van der Waals surface area contributed by atoms with Gasteiger partial charge in [0, 0.05) is 15.3 Å². The maximum absolute atomic E-state index is 11.0. The van der Waals surface area contributed by atoms with Crippen molar-refractivity contribution in [2.75, 3.05) is 5.73 Å². The summed E-state index contributed by atoms with van der Waals surface area (Å²) >= 11 is 1.97. The Labute approximate surface area is 83.7 Å². The number of hydrogen-bond donors (Lipinski definition) is 2. The van der Waals surface area contributed by atoms with Crippen LogP contribution in [0.15, 0.2) is 12.1 Å². The fourth-order valence-corrected chi connectivity index (χ4v) is 1.98. The lowest BCUT2D eigenvalue weighted by Crippen LogP contribution is -1.98. The first-order valence-corrected chi connectivity index (χ1v) is 4.39. The summed E-state index contributed by atoms with van der Waals surface area (Å²) in [6, 6.07) is 3.02. The standard InChI is InChI=1S/C8H8INO2/c1-4(11)8-6(9)2-5(10)3-7(8)12/h2-3,12H,10H2,1H3. The third-order valence-corrected chi connectivity index (χ3v) is 2.29. The fraction of sp³-hybridized carbons (Fsp3) is 0.125. The molecule has 0 aliphatic heterocycles. The molecule has 64 valence electrons. The van der Waals surface area contributed by atoms with Crippen molar-refractivity contribution < 1.29 is 9.90 Å². The molecule has 3 N–H and O–H groups in total. The SMILES string of the molecule is CC(=O)c1c(O)cc(N)cc1I. The van der Waals surface area contributed by atoms with Gasteiger partial charge in [0.2, 0.25) is 0 Å². The molecule has 0 radical (unpaired) electrons. The van der Waals surface area contributed by atoms with Crippen molar-refractivity contribution in [3.8, 4) is 5.75 Å². The number of hydrogen-bond acceptors (Lipinski definition) is 3. The van der Waals surface area contributed by atoms with E-state index in [0.717, 1.165) is 0 Å². The van der Waals surface area contributed by atoms with Gasteiger partial charge in [0.15, 0.2) is 5.78 Å². The quantitative estimate of drug-likeness (QED) is 0.467.